The minimum Gasteiger partial charge on any atom is -0.459 e. The first-order valence-corrected chi connectivity index (χ1v) is 13.1. The molecule has 4 atom stereocenters. The van der Waals surface area contributed by atoms with Gasteiger partial charge >= 0.3 is 5.97 Å². The summed E-state index contributed by atoms with van der Waals surface area (Å²) in [4.78, 5) is 12.2. The zero-order chi connectivity index (χ0) is 24.9. The van der Waals surface area contributed by atoms with Crippen molar-refractivity contribution in [3.63, 3.8) is 0 Å². The van der Waals surface area contributed by atoms with Crippen LogP contribution in [0.25, 0.3) is 0 Å². The molecular weight excluding hydrogens is 428 g/mol. The Balaban J connectivity index is 1.56. The predicted octanol–water partition coefficient (Wildman–Crippen LogP) is 5.58. The molecule has 2 N–H and O–H groups in total. The molecule has 4 unspecified atom stereocenters. The van der Waals surface area contributed by atoms with Gasteiger partial charge < -0.3 is 19.7 Å². The zero-order valence-corrected chi connectivity index (χ0v) is 21.6. The molecule has 0 aromatic heterocycles. The van der Waals surface area contributed by atoms with Gasteiger partial charge in [0.2, 0.25) is 0 Å². The molecule has 0 bridgehead atoms. The third kappa shape index (κ3) is 6.10. The third-order valence-corrected chi connectivity index (χ3v) is 8.54. The molecule has 0 saturated heterocycles. The van der Waals surface area contributed by atoms with E-state index in [1.807, 2.05) is 20.8 Å². The maximum absolute atomic E-state index is 12.2. The van der Waals surface area contributed by atoms with Gasteiger partial charge in [0.1, 0.15) is 5.60 Å². The van der Waals surface area contributed by atoms with Crippen LogP contribution in [0.5, 0.6) is 0 Å². The fraction of sp³-hybridized carbons (Fsp3) is 0.690. The van der Waals surface area contributed by atoms with Crippen LogP contribution in [0.3, 0.4) is 0 Å². The highest BCUT2D eigenvalue weighted by molar-refractivity contribution is 5.70. The van der Waals surface area contributed by atoms with Gasteiger partial charge in [0.25, 0.3) is 0 Å². The van der Waals surface area contributed by atoms with Crippen LogP contribution in [0, 0.1) is 11.3 Å². The molecule has 3 rings (SSSR count). The van der Waals surface area contributed by atoms with E-state index in [-0.39, 0.29) is 23.4 Å². The molecule has 5 nitrogen and oxygen atoms in total. The normalized spacial score (nSPS) is 32.1. The summed E-state index contributed by atoms with van der Waals surface area (Å²) in [5.41, 5.74) is 4.15. The first kappa shape index (κ1) is 26.9. The van der Waals surface area contributed by atoms with E-state index in [4.69, 9.17) is 9.47 Å². The van der Waals surface area contributed by atoms with Crippen molar-refractivity contribution in [2.45, 2.75) is 103 Å². The van der Waals surface area contributed by atoms with E-state index >= 15 is 0 Å². The van der Waals surface area contributed by atoms with Crippen molar-refractivity contribution in [2.75, 3.05) is 13.2 Å². The lowest BCUT2D eigenvalue weighted by molar-refractivity contribution is -0.159. The Labute approximate surface area is 205 Å². The summed E-state index contributed by atoms with van der Waals surface area (Å²) in [6.45, 7) is 13.4. The number of carbonyl (C=O) groups is 1. The van der Waals surface area contributed by atoms with Gasteiger partial charge in [0, 0.05) is 6.42 Å². The second-order valence-corrected chi connectivity index (χ2v) is 10.8. The molecule has 34 heavy (non-hydrogen) atoms. The van der Waals surface area contributed by atoms with Crippen molar-refractivity contribution < 1.29 is 24.5 Å². The molecule has 2 saturated carbocycles. The van der Waals surface area contributed by atoms with Gasteiger partial charge in [-0.05, 0) is 79.9 Å². The van der Waals surface area contributed by atoms with Crippen molar-refractivity contribution in [3.05, 3.63) is 47.1 Å². The van der Waals surface area contributed by atoms with E-state index in [1.165, 1.54) is 11.1 Å². The lowest BCUT2D eigenvalue weighted by Gasteiger charge is -2.41. The summed E-state index contributed by atoms with van der Waals surface area (Å²) >= 11 is 0. The Kier molecular flexibility index (Phi) is 8.99. The average Bonchev–Trinajstić information content (AvgIpc) is 3.14. The summed E-state index contributed by atoms with van der Waals surface area (Å²) in [6.07, 6.45) is 12.6. The van der Waals surface area contributed by atoms with E-state index in [1.54, 1.807) is 0 Å². The smallest absolute Gasteiger partial charge is 0.308 e. The van der Waals surface area contributed by atoms with Crippen LogP contribution in [-0.4, -0.2) is 47.2 Å². The Hall–Kier alpha value is -1.69. The number of carbonyl (C=O) groups excluding carboxylic acids is 1. The van der Waals surface area contributed by atoms with Crippen molar-refractivity contribution in [2.24, 2.45) is 11.3 Å². The molecule has 0 radical (unpaired) electrons. The third-order valence-electron chi connectivity index (χ3n) is 8.54. The lowest BCUT2D eigenvalue weighted by atomic mass is 9.64. The summed E-state index contributed by atoms with van der Waals surface area (Å²) in [7, 11) is 0. The molecule has 0 aliphatic heterocycles. The fourth-order valence-corrected chi connectivity index (χ4v) is 5.65. The van der Waals surface area contributed by atoms with E-state index in [2.05, 4.69) is 31.7 Å². The molecule has 0 aromatic carbocycles. The minimum atomic E-state index is -0.656. The molecular formula is C29H44O5. The molecule has 2 fully saturated rings. The number of fused-ring (bicyclic) bond motifs is 1. The number of aliphatic hydroxyl groups is 2. The van der Waals surface area contributed by atoms with Crippen LogP contribution in [0.4, 0.5) is 0 Å². The zero-order valence-electron chi connectivity index (χ0n) is 21.6. The van der Waals surface area contributed by atoms with Gasteiger partial charge in [-0.25, -0.2) is 0 Å². The fourth-order valence-electron chi connectivity index (χ4n) is 5.65. The van der Waals surface area contributed by atoms with E-state index in [9.17, 15) is 15.0 Å². The van der Waals surface area contributed by atoms with Crippen LogP contribution >= 0.6 is 0 Å². The number of aliphatic hydroxyl groups excluding tert-OH is 2. The Morgan fingerprint density at radius 1 is 1.29 bits per heavy atom. The molecule has 3 aliphatic carbocycles. The quantitative estimate of drug-likeness (QED) is 0.260. The van der Waals surface area contributed by atoms with Crippen molar-refractivity contribution >= 4 is 5.97 Å². The second-order valence-electron chi connectivity index (χ2n) is 10.8. The van der Waals surface area contributed by atoms with Gasteiger partial charge in [-0.2, -0.15) is 0 Å². The highest BCUT2D eigenvalue weighted by atomic mass is 16.6. The van der Waals surface area contributed by atoms with Gasteiger partial charge in [0.05, 0.1) is 31.8 Å². The highest BCUT2D eigenvalue weighted by Gasteiger charge is 2.44. The number of allylic oxidation sites excluding steroid dienone is 4. The Morgan fingerprint density at radius 3 is 2.74 bits per heavy atom. The Morgan fingerprint density at radius 2 is 2.03 bits per heavy atom. The molecule has 3 aliphatic rings. The highest BCUT2D eigenvalue weighted by Crippen LogP contribution is 2.54. The molecule has 0 spiro atoms. The number of hydrogen-bond donors (Lipinski definition) is 2. The van der Waals surface area contributed by atoms with Crippen LogP contribution in [-0.2, 0) is 14.3 Å². The van der Waals surface area contributed by atoms with E-state index in [0.29, 0.717) is 32.0 Å². The first-order valence-electron chi connectivity index (χ1n) is 13.1. The van der Waals surface area contributed by atoms with Crippen molar-refractivity contribution in [1.29, 1.82) is 0 Å². The van der Waals surface area contributed by atoms with Crippen molar-refractivity contribution in [3.8, 4) is 0 Å². The van der Waals surface area contributed by atoms with E-state index < -0.39 is 12.2 Å². The second kappa shape index (κ2) is 11.4. The monoisotopic (exact) mass is 472 g/mol. The molecule has 0 heterocycles. The maximum atomic E-state index is 12.2. The van der Waals surface area contributed by atoms with Crippen molar-refractivity contribution in [1.82, 2.24) is 0 Å². The SMILES string of the molecule is C=C1/C(=C\C=C2/CCCC3(C)C(COCCC(=O)OC(C)(CC)CC)=CCC23)CC(O)CC1O. The van der Waals surface area contributed by atoms with Crippen LogP contribution < -0.4 is 0 Å². The molecule has 190 valence electrons. The number of ether oxygens (including phenoxy) is 2. The van der Waals surface area contributed by atoms with Crippen LogP contribution in [0.15, 0.2) is 47.1 Å². The van der Waals surface area contributed by atoms with Gasteiger partial charge in [-0.1, -0.05) is 51.2 Å². The maximum Gasteiger partial charge on any atom is 0.308 e. The number of esters is 1. The largest absolute Gasteiger partial charge is 0.459 e. The minimum absolute atomic E-state index is 0.0781. The van der Waals surface area contributed by atoms with Gasteiger partial charge in [-0.3, -0.25) is 4.79 Å². The van der Waals surface area contributed by atoms with Gasteiger partial charge in [0.15, 0.2) is 0 Å². The molecule has 0 aromatic rings. The summed E-state index contributed by atoms with van der Waals surface area (Å²) in [5, 5.41) is 20.2. The standard InChI is InChI=1S/C29H44O5/c1-6-28(4,7-2)34-27(32)14-16-33-19-23-12-13-25-21(9-8-15-29(23,25)5)10-11-22-17-24(30)18-26(31)20(22)3/h10-12,24-26,30-31H,3,6-9,13-19H2,1-2,4-5H3/b21-10+,22-11-. The summed E-state index contributed by atoms with van der Waals surface area (Å²) in [6, 6.07) is 0. The van der Waals surface area contributed by atoms with Crippen LogP contribution in [0.1, 0.15) is 85.5 Å². The average molecular weight is 473 g/mol. The predicted molar refractivity (Wildman–Crippen MR) is 135 cm³/mol. The first-order chi connectivity index (χ1) is 16.1. The van der Waals surface area contributed by atoms with Crippen LogP contribution in [0.2, 0.25) is 0 Å². The Bertz CT molecular complexity index is 847. The van der Waals surface area contributed by atoms with E-state index in [0.717, 1.165) is 49.7 Å². The number of hydrogen-bond acceptors (Lipinski definition) is 5. The molecule has 5 heteroatoms. The summed E-state index contributed by atoms with van der Waals surface area (Å²) in [5.74, 6) is 0.259. The topological polar surface area (TPSA) is 76.0 Å². The molecule has 0 amide bonds. The van der Waals surface area contributed by atoms with Gasteiger partial charge in [-0.15, -0.1) is 0 Å². The number of rotatable bonds is 9. The summed E-state index contributed by atoms with van der Waals surface area (Å²) < 4.78 is 11.6. The lowest BCUT2D eigenvalue weighted by Crippen LogP contribution is -2.32.